The lowest BCUT2D eigenvalue weighted by Crippen LogP contribution is -2.34. The zero-order chi connectivity index (χ0) is 16.7. The molecule has 0 saturated heterocycles. The number of benzene rings is 2. The predicted molar refractivity (Wildman–Crippen MR) is 92.1 cm³/mol. The average Bonchev–Trinajstić information content (AvgIpc) is 2.61. The fourth-order valence-electron chi connectivity index (χ4n) is 3.96. The summed E-state index contributed by atoms with van der Waals surface area (Å²) in [6.07, 6.45) is 4.19. The number of carboxylic acids is 1. The fraction of sp³-hybridized carbons (Fsp3) is 0.300. The Kier molecular flexibility index (Phi) is 3.60. The lowest BCUT2D eigenvalue weighted by atomic mass is 9.87. The molecule has 0 fully saturated rings. The molecule has 0 aliphatic carbocycles. The molecule has 0 radical (unpaired) electrons. The van der Waals surface area contributed by atoms with Crippen molar-refractivity contribution >= 4 is 17.4 Å². The Labute approximate surface area is 140 Å². The van der Waals surface area contributed by atoms with Gasteiger partial charge in [-0.25, -0.2) is 4.79 Å². The normalized spacial score (nSPS) is 15.8. The van der Waals surface area contributed by atoms with Gasteiger partial charge in [0.1, 0.15) is 0 Å². The highest BCUT2D eigenvalue weighted by Gasteiger charge is 2.26. The second-order valence-electron chi connectivity index (χ2n) is 6.52. The Morgan fingerprint density at radius 2 is 1.50 bits per heavy atom. The maximum absolute atomic E-state index is 12.9. The van der Waals surface area contributed by atoms with Crippen LogP contribution in [0.3, 0.4) is 0 Å². The number of hydrogen-bond donors (Lipinski definition) is 1. The highest BCUT2D eigenvalue weighted by molar-refractivity contribution is 6.14. The van der Waals surface area contributed by atoms with Crippen molar-refractivity contribution in [3.63, 3.8) is 0 Å². The Balaban J connectivity index is 1.81. The molecule has 0 atom stereocenters. The minimum atomic E-state index is -1.07. The third-order valence-corrected chi connectivity index (χ3v) is 5.00. The highest BCUT2D eigenvalue weighted by Crippen LogP contribution is 2.36. The summed E-state index contributed by atoms with van der Waals surface area (Å²) in [7, 11) is 0. The Morgan fingerprint density at radius 3 is 2.08 bits per heavy atom. The van der Waals surface area contributed by atoms with Gasteiger partial charge in [0.25, 0.3) is 0 Å². The quantitative estimate of drug-likeness (QED) is 0.881. The first-order chi connectivity index (χ1) is 11.6. The molecule has 0 bridgehead atoms. The molecule has 2 aliphatic rings. The molecule has 0 saturated carbocycles. The van der Waals surface area contributed by atoms with Crippen LogP contribution in [0.5, 0.6) is 0 Å². The molecule has 4 heteroatoms. The van der Waals surface area contributed by atoms with Crippen molar-refractivity contribution in [2.75, 3.05) is 18.0 Å². The summed E-state index contributed by atoms with van der Waals surface area (Å²) in [5, 5.41) is 9.34. The molecule has 0 unspecified atom stereocenters. The predicted octanol–water partition coefficient (Wildman–Crippen LogP) is 3.31. The smallest absolute Gasteiger partial charge is 0.336 e. The molecule has 2 heterocycles. The van der Waals surface area contributed by atoms with Gasteiger partial charge in [-0.3, -0.25) is 4.79 Å². The second kappa shape index (κ2) is 5.78. The summed E-state index contributed by atoms with van der Waals surface area (Å²) in [5.41, 5.74) is 4.72. The van der Waals surface area contributed by atoms with Crippen molar-refractivity contribution in [2.45, 2.75) is 25.7 Å². The van der Waals surface area contributed by atoms with Gasteiger partial charge in [0, 0.05) is 29.9 Å². The van der Waals surface area contributed by atoms with E-state index in [0.717, 1.165) is 38.8 Å². The van der Waals surface area contributed by atoms with Crippen molar-refractivity contribution < 1.29 is 14.7 Å². The first-order valence-corrected chi connectivity index (χ1v) is 8.43. The fourth-order valence-corrected chi connectivity index (χ4v) is 3.96. The van der Waals surface area contributed by atoms with E-state index in [4.69, 9.17) is 0 Å². The van der Waals surface area contributed by atoms with Crippen LogP contribution in [0.1, 0.15) is 50.2 Å². The molecule has 2 aliphatic heterocycles. The number of anilines is 1. The molecule has 24 heavy (non-hydrogen) atoms. The Bertz CT molecular complexity index is 810. The molecule has 1 N–H and O–H groups in total. The molecular weight excluding hydrogens is 302 g/mol. The lowest BCUT2D eigenvalue weighted by Gasteiger charge is -2.37. The molecule has 2 aromatic rings. The molecule has 4 rings (SSSR count). The number of hydrogen-bond acceptors (Lipinski definition) is 3. The van der Waals surface area contributed by atoms with Crippen LogP contribution in [-0.4, -0.2) is 29.9 Å². The van der Waals surface area contributed by atoms with Crippen molar-refractivity contribution in [1.82, 2.24) is 0 Å². The van der Waals surface area contributed by atoms with E-state index in [-0.39, 0.29) is 16.9 Å². The van der Waals surface area contributed by atoms with Gasteiger partial charge in [-0.15, -0.1) is 0 Å². The molecular formula is C20H19NO3. The minimum absolute atomic E-state index is 0.0653. The standard InChI is InChI=1S/C20H19NO3/c22-19(16-7-1-2-8-17(16)20(23)24)15-11-13-5-3-9-21-10-4-6-14(12-15)18(13)21/h1-2,7-8,11-12H,3-6,9-10H2,(H,23,24). The Morgan fingerprint density at radius 1 is 0.917 bits per heavy atom. The number of ketones is 1. The van der Waals surface area contributed by atoms with Crippen LogP contribution in [0.15, 0.2) is 36.4 Å². The average molecular weight is 321 g/mol. The number of carbonyl (C=O) groups is 2. The van der Waals surface area contributed by atoms with Crippen molar-refractivity contribution in [2.24, 2.45) is 0 Å². The minimum Gasteiger partial charge on any atom is -0.478 e. The number of carboxylic acid groups (broad SMARTS) is 1. The zero-order valence-corrected chi connectivity index (χ0v) is 13.4. The van der Waals surface area contributed by atoms with Gasteiger partial charge in [0.15, 0.2) is 5.78 Å². The van der Waals surface area contributed by atoms with Gasteiger partial charge >= 0.3 is 5.97 Å². The van der Waals surface area contributed by atoms with E-state index in [1.807, 2.05) is 12.1 Å². The van der Waals surface area contributed by atoms with Gasteiger partial charge < -0.3 is 10.0 Å². The number of aryl methyl sites for hydroxylation is 2. The SMILES string of the molecule is O=C(O)c1ccccc1C(=O)c1cc2c3c(c1)CCCN3CCC2. The molecule has 0 aromatic heterocycles. The lowest BCUT2D eigenvalue weighted by molar-refractivity contribution is 0.0693. The maximum Gasteiger partial charge on any atom is 0.336 e. The zero-order valence-electron chi connectivity index (χ0n) is 13.4. The van der Waals surface area contributed by atoms with E-state index in [9.17, 15) is 14.7 Å². The van der Waals surface area contributed by atoms with Crippen LogP contribution in [0.25, 0.3) is 0 Å². The van der Waals surface area contributed by atoms with Gasteiger partial charge in [-0.05, 0) is 55.0 Å². The van der Waals surface area contributed by atoms with E-state index in [0.29, 0.717) is 5.56 Å². The van der Waals surface area contributed by atoms with Crippen LogP contribution < -0.4 is 4.90 Å². The van der Waals surface area contributed by atoms with Gasteiger partial charge in [0.05, 0.1) is 5.56 Å². The summed E-state index contributed by atoms with van der Waals surface area (Å²) in [6, 6.07) is 10.4. The molecule has 4 nitrogen and oxygen atoms in total. The second-order valence-corrected chi connectivity index (χ2v) is 6.52. The Hall–Kier alpha value is -2.62. The summed E-state index contributed by atoms with van der Waals surface area (Å²) in [5.74, 6) is -1.26. The number of nitrogens with zero attached hydrogens (tertiary/aromatic N) is 1. The van der Waals surface area contributed by atoms with Crippen LogP contribution in [-0.2, 0) is 12.8 Å². The van der Waals surface area contributed by atoms with E-state index in [1.54, 1.807) is 18.2 Å². The van der Waals surface area contributed by atoms with Crippen molar-refractivity contribution in [3.8, 4) is 0 Å². The van der Waals surface area contributed by atoms with Crippen LogP contribution in [0, 0.1) is 0 Å². The number of rotatable bonds is 3. The topological polar surface area (TPSA) is 57.6 Å². The van der Waals surface area contributed by atoms with Crippen molar-refractivity contribution in [3.05, 3.63) is 64.2 Å². The highest BCUT2D eigenvalue weighted by atomic mass is 16.4. The van der Waals surface area contributed by atoms with Crippen molar-refractivity contribution in [1.29, 1.82) is 0 Å². The molecule has 2 aromatic carbocycles. The number of aromatic carboxylic acids is 1. The molecule has 122 valence electrons. The van der Waals surface area contributed by atoms with Gasteiger partial charge in [-0.1, -0.05) is 18.2 Å². The summed E-state index contributed by atoms with van der Waals surface area (Å²) in [4.78, 5) is 26.8. The van der Waals surface area contributed by atoms with E-state index in [1.165, 1.54) is 22.9 Å². The van der Waals surface area contributed by atoms with Gasteiger partial charge in [0.2, 0.25) is 0 Å². The van der Waals surface area contributed by atoms with E-state index >= 15 is 0 Å². The first-order valence-electron chi connectivity index (χ1n) is 8.43. The largest absolute Gasteiger partial charge is 0.478 e. The summed E-state index contributed by atoms with van der Waals surface area (Å²) >= 11 is 0. The monoisotopic (exact) mass is 321 g/mol. The third kappa shape index (κ3) is 2.39. The summed E-state index contributed by atoms with van der Waals surface area (Å²) in [6.45, 7) is 2.18. The van der Waals surface area contributed by atoms with E-state index < -0.39 is 5.97 Å². The van der Waals surface area contributed by atoms with Crippen LogP contribution in [0.4, 0.5) is 5.69 Å². The van der Waals surface area contributed by atoms with Crippen LogP contribution in [0.2, 0.25) is 0 Å². The number of carbonyl (C=O) groups excluding carboxylic acids is 1. The maximum atomic E-state index is 12.9. The van der Waals surface area contributed by atoms with Crippen LogP contribution >= 0.6 is 0 Å². The van der Waals surface area contributed by atoms with E-state index in [2.05, 4.69) is 4.90 Å². The molecule has 0 spiro atoms. The first kappa shape index (κ1) is 14.9. The molecule has 0 amide bonds. The third-order valence-electron chi connectivity index (χ3n) is 5.00. The summed E-state index contributed by atoms with van der Waals surface area (Å²) < 4.78 is 0. The van der Waals surface area contributed by atoms with Gasteiger partial charge in [-0.2, -0.15) is 0 Å².